The molecule has 1 aromatic carbocycles. The summed E-state index contributed by atoms with van der Waals surface area (Å²) < 4.78 is 7.49. The Balaban J connectivity index is 1.56. The van der Waals surface area contributed by atoms with Gasteiger partial charge in [-0.25, -0.2) is 4.98 Å². The highest BCUT2D eigenvalue weighted by atomic mass is 16.5. The number of anilines is 3. The molecule has 0 aliphatic carbocycles. The summed E-state index contributed by atoms with van der Waals surface area (Å²) in [5.41, 5.74) is 3.04. The van der Waals surface area contributed by atoms with Gasteiger partial charge < -0.3 is 20.3 Å². The maximum Gasteiger partial charge on any atom is 0.159 e. The molecule has 2 aliphatic heterocycles. The maximum atomic E-state index is 5.58. The van der Waals surface area contributed by atoms with Gasteiger partial charge in [-0.05, 0) is 57.0 Å². The van der Waals surface area contributed by atoms with Gasteiger partial charge in [-0.2, -0.15) is 9.61 Å². The highest BCUT2D eigenvalue weighted by Gasteiger charge is 2.27. The van der Waals surface area contributed by atoms with E-state index in [-0.39, 0.29) is 0 Å². The predicted octanol–water partition coefficient (Wildman–Crippen LogP) is 3.54. The molecule has 0 bridgehead atoms. The van der Waals surface area contributed by atoms with Gasteiger partial charge in [0.25, 0.3) is 0 Å². The van der Waals surface area contributed by atoms with Crippen molar-refractivity contribution in [1.29, 1.82) is 0 Å². The molecule has 0 radical (unpaired) electrons. The number of hydrogen-bond donors (Lipinski definition) is 2. The molecule has 0 spiro atoms. The summed E-state index contributed by atoms with van der Waals surface area (Å²) in [5.74, 6) is 2.92. The Labute approximate surface area is 176 Å². The molecule has 1 saturated heterocycles. The average Bonchev–Trinajstić information content (AvgIpc) is 3.15. The number of fused-ring (bicyclic) bond motifs is 2. The fourth-order valence-corrected chi connectivity index (χ4v) is 4.35. The Bertz CT molecular complexity index is 1040. The topological polar surface area (TPSA) is 66.7 Å². The fourth-order valence-electron chi connectivity index (χ4n) is 4.35. The van der Waals surface area contributed by atoms with E-state index in [0.717, 1.165) is 54.8 Å². The molecule has 7 heteroatoms. The second-order valence-corrected chi connectivity index (χ2v) is 7.77. The Hall–Kier alpha value is -3.06. The van der Waals surface area contributed by atoms with Gasteiger partial charge in [0.2, 0.25) is 0 Å². The van der Waals surface area contributed by atoms with Crippen molar-refractivity contribution in [2.75, 3.05) is 36.5 Å². The second kappa shape index (κ2) is 8.36. The van der Waals surface area contributed by atoms with Crippen molar-refractivity contribution in [3.05, 3.63) is 54.2 Å². The number of ether oxygens (including phenoxy) is 1. The van der Waals surface area contributed by atoms with Crippen molar-refractivity contribution in [2.45, 2.75) is 32.2 Å². The highest BCUT2D eigenvalue weighted by molar-refractivity contribution is 5.71. The predicted molar refractivity (Wildman–Crippen MR) is 120 cm³/mol. The summed E-state index contributed by atoms with van der Waals surface area (Å²) in [6, 6.07) is 10.5. The first-order chi connectivity index (χ1) is 14.8. The third-order valence-electron chi connectivity index (χ3n) is 5.81. The first-order valence-corrected chi connectivity index (χ1v) is 10.8. The molecule has 30 heavy (non-hydrogen) atoms. The largest absolute Gasteiger partial charge is 0.494 e. The third-order valence-corrected chi connectivity index (χ3v) is 5.81. The third kappa shape index (κ3) is 3.61. The molecule has 1 unspecified atom stereocenters. The molecule has 4 heterocycles. The molecule has 0 saturated carbocycles. The molecule has 3 aromatic rings. The molecular formula is C23H28N6O. The molecule has 1 fully saturated rings. The number of piperidine rings is 1. The lowest BCUT2D eigenvalue weighted by Crippen LogP contribution is -2.46. The summed E-state index contributed by atoms with van der Waals surface area (Å²) in [6.07, 6.45) is 9.54. The number of aromatic nitrogens is 3. The number of rotatable bonds is 5. The summed E-state index contributed by atoms with van der Waals surface area (Å²) >= 11 is 0. The lowest BCUT2D eigenvalue weighted by Gasteiger charge is -2.35. The van der Waals surface area contributed by atoms with E-state index in [1.54, 1.807) is 0 Å². The molecule has 5 rings (SSSR count). The van der Waals surface area contributed by atoms with Crippen LogP contribution in [0.1, 0.15) is 25.3 Å². The van der Waals surface area contributed by atoms with E-state index in [0.29, 0.717) is 12.6 Å². The van der Waals surface area contributed by atoms with E-state index in [4.69, 9.17) is 9.72 Å². The van der Waals surface area contributed by atoms with Crippen LogP contribution in [0, 0.1) is 0 Å². The quantitative estimate of drug-likeness (QED) is 0.634. The van der Waals surface area contributed by atoms with Crippen molar-refractivity contribution in [1.82, 2.24) is 19.9 Å². The van der Waals surface area contributed by atoms with Crippen LogP contribution in [0.25, 0.3) is 5.65 Å². The Kier molecular flexibility index (Phi) is 5.27. The zero-order valence-corrected chi connectivity index (χ0v) is 17.3. The second-order valence-electron chi connectivity index (χ2n) is 7.77. The van der Waals surface area contributed by atoms with Gasteiger partial charge in [-0.15, -0.1) is 0 Å². The van der Waals surface area contributed by atoms with E-state index in [2.05, 4.69) is 32.8 Å². The normalized spacial score (nSPS) is 18.8. The molecule has 156 valence electrons. The molecule has 7 nitrogen and oxygen atoms in total. The van der Waals surface area contributed by atoms with Crippen LogP contribution in [-0.2, 0) is 6.42 Å². The Morgan fingerprint density at radius 3 is 2.90 bits per heavy atom. The number of benzene rings is 1. The number of nitrogens with zero attached hydrogens (tertiary/aromatic N) is 4. The van der Waals surface area contributed by atoms with Gasteiger partial charge in [0.15, 0.2) is 5.65 Å². The summed E-state index contributed by atoms with van der Waals surface area (Å²) in [7, 11) is 0. The van der Waals surface area contributed by atoms with Crippen LogP contribution in [0.2, 0.25) is 0 Å². The van der Waals surface area contributed by atoms with Crippen molar-refractivity contribution >= 4 is 23.0 Å². The minimum absolute atomic E-state index is 0.455. The monoisotopic (exact) mass is 404 g/mol. The van der Waals surface area contributed by atoms with Crippen LogP contribution in [0.3, 0.4) is 0 Å². The Morgan fingerprint density at radius 1 is 1.20 bits per heavy atom. The van der Waals surface area contributed by atoms with E-state index in [1.807, 2.05) is 48.0 Å². The SMILES string of the molecule is CCOc1ccc(Nc2c3c(nc4ccnn24)N(C2CCCNC2)CC=CC3)cc1. The van der Waals surface area contributed by atoms with Crippen LogP contribution >= 0.6 is 0 Å². The molecule has 2 aliphatic rings. The van der Waals surface area contributed by atoms with Crippen LogP contribution in [-0.4, -0.2) is 46.9 Å². The average molecular weight is 405 g/mol. The standard InChI is InChI=1S/C23H28N6O/c1-2-30-19-10-8-17(9-11-19)26-23-20-7-3-4-15-28(18-6-5-13-24-16-18)22(20)27-21-12-14-25-29(21)23/h3-4,8-12,14,18,24,26H,2,5-7,13,15-16H2,1H3. The summed E-state index contributed by atoms with van der Waals surface area (Å²) in [5, 5.41) is 11.7. The van der Waals surface area contributed by atoms with Crippen LogP contribution in [0.5, 0.6) is 5.75 Å². The zero-order chi connectivity index (χ0) is 20.3. The first kappa shape index (κ1) is 18.9. The van der Waals surface area contributed by atoms with Gasteiger partial charge in [0, 0.05) is 36.4 Å². The Morgan fingerprint density at radius 2 is 2.10 bits per heavy atom. The maximum absolute atomic E-state index is 5.58. The zero-order valence-electron chi connectivity index (χ0n) is 17.3. The molecule has 1 atom stereocenters. The van der Waals surface area contributed by atoms with Crippen LogP contribution < -0.4 is 20.3 Å². The van der Waals surface area contributed by atoms with Crippen molar-refractivity contribution in [3.8, 4) is 5.75 Å². The lowest BCUT2D eigenvalue weighted by atomic mass is 10.1. The number of hydrogen-bond acceptors (Lipinski definition) is 6. The minimum atomic E-state index is 0.455. The summed E-state index contributed by atoms with van der Waals surface area (Å²) in [4.78, 5) is 7.49. The van der Waals surface area contributed by atoms with E-state index in [9.17, 15) is 0 Å². The van der Waals surface area contributed by atoms with Crippen LogP contribution in [0.15, 0.2) is 48.7 Å². The lowest BCUT2D eigenvalue weighted by molar-refractivity contribution is 0.340. The van der Waals surface area contributed by atoms with Crippen molar-refractivity contribution < 1.29 is 4.74 Å². The van der Waals surface area contributed by atoms with Crippen LogP contribution in [0.4, 0.5) is 17.3 Å². The van der Waals surface area contributed by atoms with E-state index < -0.39 is 0 Å². The van der Waals surface area contributed by atoms with Crippen molar-refractivity contribution in [3.63, 3.8) is 0 Å². The van der Waals surface area contributed by atoms with Crippen molar-refractivity contribution in [2.24, 2.45) is 0 Å². The van der Waals surface area contributed by atoms with E-state index in [1.165, 1.54) is 18.4 Å². The van der Waals surface area contributed by atoms with E-state index >= 15 is 0 Å². The fraction of sp³-hybridized carbons (Fsp3) is 0.391. The molecule has 2 aromatic heterocycles. The molecule has 2 N–H and O–H groups in total. The first-order valence-electron chi connectivity index (χ1n) is 10.8. The summed E-state index contributed by atoms with van der Waals surface area (Å²) in [6.45, 7) is 5.65. The van der Waals surface area contributed by atoms with Gasteiger partial charge >= 0.3 is 0 Å². The minimum Gasteiger partial charge on any atom is -0.494 e. The molecular weight excluding hydrogens is 376 g/mol. The van der Waals surface area contributed by atoms with Gasteiger partial charge in [-0.3, -0.25) is 0 Å². The number of nitrogens with one attached hydrogen (secondary N) is 2. The van der Waals surface area contributed by atoms with Gasteiger partial charge in [0.05, 0.1) is 12.8 Å². The highest BCUT2D eigenvalue weighted by Crippen LogP contribution is 2.33. The number of allylic oxidation sites excluding steroid dienone is 1. The molecule has 0 amide bonds. The van der Waals surface area contributed by atoms with Gasteiger partial charge in [0.1, 0.15) is 17.4 Å². The smallest absolute Gasteiger partial charge is 0.159 e. The van der Waals surface area contributed by atoms with Gasteiger partial charge in [-0.1, -0.05) is 12.2 Å².